The lowest BCUT2D eigenvalue weighted by molar-refractivity contribution is 0.242. The Hall–Kier alpha value is -1.74. The summed E-state index contributed by atoms with van der Waals surface area (Å²) in [5.41, 5.74) is 7.23. The van der Waals surface area contributed by atoms with Crippen LogP contribution in [0.15, 0.2) is 40.8 Å². The van der Waals surface area contributed by atoms with Gasteiger partial charge in [-0.25, -0.2) is 0 Å². The molecule has 1 heterocycles. The Morgan fingerprint density at radius 1 is 1.21 bits per heavy atom. The van der Waals surface area contributed by atoms with Gasteiger partial charge in [-0.3, -0.25) is 0 Å². The predicted molar refractivity (Wildman–Crippen MR) is 76.3 cm³/mol. The molecule has 0 saturated carbocycles. The van der Waals surface area contributed by atoms with Gasteiger partial charge in [0.1, 0.15) is 17.3 Å². The van der Waals surface area contributed by atoms with Gasteiger partial charge in [-0.05, 0) is 43.7 Å². The third-order valence-electron chi connectivity index (χ3n) is 2.93. The van der Waals surface area contributed by atoms with Crippen molar-refractivity contribution in [3.63, 3.8) is 0 Å². The zero-order valence-electron chi connectivity index (χ0n) is 11.7. The highest BCUT2D eigenvalue weighted by molar-refractivity contribution is 5.34. The van der Waals surface area contributed by atoms with Gasteiger partial charge in [-0.2, -0.15) is 0 Å². The van der Waals surface area contributed by atoms with Crippen molar-refractivity contribution in [2.75, 3.05) is 0 Å². The van der Waals surface area contributed by atoms with Gasteiger partial charge in [0.05, 0.1) is 12.1 Å². The molecule has 0 aliphatic rings. The summed E-state index contributed by atoms with van der Waals surface area (Å²) >= 11 is 0. The highest BCUT2D eigenvalue weighted by Crippen LogP contribution is 2.25. The van der Waals surface area contributed by atoms with E-state index in [2.05, 4.69) is 6.92 Å². The molecule has 3 nitrogen and oxygen atoms in total. The normalized spacial score (nSPS) is 12.7. The van der Waals surface area contributed by atoms with Crippen molar-refractivity contribution in [3.05, 3.63) is 53.5 Å². The third-order valence-corrected chi connectivity index (χ3v) is 2.93. The first kappa shape index (κ1) is 13.7. The van der Waals surface area contributed by atoms with Crippen LogP contribution < -0.4 is 10.5 Å². The van der Waals surface area contributed by atoms with Crippen molar-refractivity contribution in [1.29, 1.82) is 0 Å². The highest BCUT2D eigenvalue weighted by Gasteiger charge is 2.14. The van der Waals surface area contributed by atoms with Gasteiger partial charge in [-0.1, -0.05) is 19.1 Å². The van der Waals surface area contributed by atoms with Crippen LogP contribution in [0.5, 0.6) is 5.75 Å². The quantitative estimate of drug-likeness (QED) is 0.891. The summed E-state index contributed by atoms with van der Waals surface area (Å²) in [6, 6.07) is 11.5. The van der Waals surface area contributed by atoms with Gasteiger partial charge in [0.25, 0.3) is 0 Å². The van der Waals surface area contributed by atoms with Gasteiger partial charge in [0, 0.05) is 6.42 Å². The fourth-order valence-electron chi connectivity index (χ4n) is 1.97. The number of ether oxygens (including phenoxy) is 1. The SMILES string of the molecule is CCc1ccc(C(N)c2cccc(OC(C)C)c2)o1. The van der Waals surface area contributed by atoms with Gasteiger partial charge in [-0.15, -0.1) is 0 Å². The van der Waals surface area contributed by atoms with Crippen molar-refractivity contribution in [2.45, 2.75) is 39.3 Å². The zero-order valence-corrected chi connectivity index (χ0v) is 11.7. The Kier molecular flexibility index (Phi) is 4.27. The van der Waals surface area contributed by atoms with E-state index in [0.29, 0.717) is 0 Å². The summed E-state index contributed by atoms with van der Waals surface area (Å²) in [4.78, 5) is 0. The molecule has 0 radical (unpaired) electrons. The van der Waals surface area contributed by atoms with Crippen LogP contribution in [-0.4, -0.2) is 6.10 Å². The standard InChI is InChI=1S/C16H21NO2/c1-4-13-8-9-15(19-13)16(17)12-6-5-7-14(10-12)18-11(2)3/h5-11,16H,4,17H2,1-3H3. The topological polar surface area (TPSA) is 48.4 Å². The molecule has 2 rings (SSSR count). The van der Waals surface area contributed by atoms with Crippen LogP contribution in [0.4, 0.5) is 0 Å². The number of hydrogen-bond acceptors (Lipinski definition) is 3. The summed E-state index contributed by atoms with van der Waals surface area (Å²) in [6.07, 6.45) is 1.03. The molecule has 0 aliphatic carbocycles. The second-order valence-corrected chi connectivity index (χ2v) is 4.87. The summed E-state index contributed by atoms with van der Waals surface area (Å²) in [5.74, 6) is 2.59. The molecule has 19 heavy (non-hydrogen) atoms. The lowest BCUT2D eigenvalue weighted by atomic mass is 10.1. The summed E-state index contributed by atoms with van der Waals surface area (Å²) in [6.45, 7) is 6.07. The number of benzene rings is 1. The second kappa shape index (κ2) is 5.93. The number of furan rings is 1. The average Bonchev–Trinajstić information content (AvgIpc) is 2.86. The van der Waals surface area contributed by atoms with Crippen LogP contribution >= 0.6 is 0 Å². The first-order chi connectivity index (χ1) is 9.10. The molecule has 102 valence electrons. The van der Waals surface area contributed by atoms with E-state index in [0.717, 1.165) is 29.3 Å². The van der Waals surface area contributed by atoms with E-state index in [-0.39, 0.29) is 12.1 Å². The van der Waals surface area contributed by atoms with Crippen molar-refractivity contribution in [3.8, 4) is 5.75 Å². The number of aryl methyl sites for hydroxylation is 1. The maximum Gasteiger partial charge on any atom is 0.125 e. The molecule has 1 atom stereocenters. The molecule has 2 aromatic rings. The minimum Gasteiger partial charge on any atom is -0.491 e. The maximum atomic E-state index is 6.23. The highest BCUT2D eigenvalue weighted by atomic mass is 16.5. The Balaban J connectivity index is 2.20. The summed E-state index contributed by atoms with van der Waals surface area (Å²) < 4.78 is 11.4. The van der Waals surface area contributed by atoms with E-state index >= 15 is 0 Å². The molecule has 2 N–H and O–H groups in total. The van der Waals surface area contributed by atoms with Crippen molar-refractivity contribution >= 4 is 0 Å². The molecule has 1 aromatic carbocycles. The van der Waals surface area contributed by atoms with Gasteiger partial charge >= 0.3 is 0 Å². The first-order valence-corrected chi connectivity index (χ1v) is 6.71. The Morgan fingerprint density at radius 3 is 2.63 bits per heavy atom. The van der Waals surface area contributed by atoms with Crippen LogP contribution in [0.1, 0.15) is 43.9 Å². The fourth-order valence-corrected chi connectivity index (χ4v) is 1.97. The van der Waals surface area contributed by atoms with Crippen molar-refractivity contribution < 1.29 is 9.15 Å². The number of nitrogens with two attached hydrogens (primary N) is 1. The van der Waals surface area contributed by atoms with Crippen LogP contribution in [0, 0.1) is 0 Å². The van der Waals surface area contributed by atoms with E-state index in [1.54, 1.807) is 0 Å². The van der Waals surface area contributed by atoms with Gasteiger partial charge in [0.15, 0.2) is 0 Å². The molecule has 3 heteroatoms. The molecule has 0 bridgehead atoms. The van der Waals surface area contributed by atoms with Crippen LogP contribution in [0.25, 0.3) is 0 Å². The molecule has 0 fully saturated rings. The largest absolute Gasteiger partial charge is 0.491 e. The minimum atomic E-state index is -0.254. The lowest BCUT2D eigenvalue weighted by Gasteiger charge is -2.13. The molecule has 1 aromatic heterocycles. The third kappa shape index (κ3) is 3.38. The molecule has 0 saturated heterocycles. The van der Waals surface area contributed by atoms with Crippen molar-refractivity contribution in [2.24, 2.45) is 5.73 Å². The van der Waals surface area contributed by atoms with Gasteiger partial charge in [0.2, 0.25) is 0 Å². The zero-order chi connectivity index (χ0) is 13.8. The van der Waals surface area contributed by atoms with E-state index in [4.69, 9.17) is 14.9 Å². The Labute approximate surface area is 114 Å². The molecular weight excluding hydrogens is 238 g/mol. The van der Waals surface area contributed by atoms with Crippen LogP contribution in [-0.2, 0) is 6.42 Å². The van der Waals surface area contributed by atoms with Crippen LogP contribution in [0.3, 0.4) is 0 Å². The molecular formula is C16H21NO2. The first-order valence-electron chi connectivity index (χ1n) is 6.71. The smallest absolute Gasteiger partial charge is 0.125 e. The van der Waals surface area contributed by atoms with Crippen LogP contribution in [0.2, 0.25) is 0 Å². The van der Waals surface area contributed by atoms with Gasteiger partial charge < -0.3 is 14.9 Å². The molecule has 1 unspecified atom stereocenters. The lowest BCUT2D eigenvalue weighted by Crippen LogP contribution is -2.12. The fraction of sp³-hybridized carbons (Fsp3) is 0.375. The average molecular weight is 259 g/mol. The number of hydrogen-bond donors (Lipinski definition) is 1. The van der Waals surface area contributed by atoms with E-state index in [9.17, 15) is 0 Å². The van der Waals surface area contributed by atoms with E-state index in [1.165, 1.54) is 0 Å². The van der Waals surface area contributed by atoms with Crippen molar-refractivity contribution in [1.82, 2.24) is 0 Å². The minimum absolute atomic E-state index is 0.154. The van der Waals surface area contributed by atoms with E-state index in [1.807, 2.05) is 50.2 Å². The number of rotatable bonds is 5. The monoisotopic (exact) mass is 259 g/mol. The molecule has 0 aliphatic heterocycles. The molecule has 0 amide bonds. The predicted octanol–water partition coefficient (Wildman–Crippen LogP) is 3.68. The second-order valence-electron chi connectivity index (χ2n) is 4.87. The summed E-state index contributed by atoms with van der Waals surface area (Å²) in [5, 5.41) is 0. The summed E-state index contributed by atoms with van der Waals surface area (Å²) in [7, 11) is 0. The maximum absolute atomic E-state index is 6.23. The van der Waals surface area contributed by atoms with E-state index < -0.39 is 0 Å². The Morgan fingerprint density at radius 2 is 2.00 bits per heavy atom. The Bertz CT molecular complexity index is 531. The molecule has 0 spiro atoms.